The summed E-state index contributed by atoms with van der Waals surface area (Å²) in [7, 11) is 0. The van der Waals surface area contributed by atoms with Crippen LogP contribution in [0.2, 0.25) is 0 Å². The number of hydrogen-bond acceptors (Lipinski definition) is 3. The van der Waals surface area contributed by atoms with Crippen molar-refractivity contribution in [2.45, 2.75) is 32.3 Å². The average Bonchev–Trinajstić information content (AvgIpc) is 2.58. The van der Waals surface area contributed by atoms with E-state index in [4.69, 9.17) is 4.74 Å². The minimum Gasteiger partial charge on any atom is -0.370 e. The molecule has 1 saturated heterocycles. The fourth-order valence-electron chi connectivity index (χ4n) is 1.81. The standard InChI is InChI=1S/C11H13BrO2S/c1-7-8(6-10(12)15-7)11(13)9-4-2-3-5-14-9/h6,9H,2-5H2,1H3. The zero-order valence-corrected chi connectivity index (χ0v) is 11.0. The summed E-state index contributed by atoms with van der Waals surface area (Å²) in [5.41, 5.74) is 0.818. The molecule has 0 saturated carbocycles. The molecule has 1 fully saturated rings. The molecular weight excluding hydrogens is 276 g/mol. The van der Waals surface area contributed by atoms with Crippen molar-refractivity contribution < 1.29 is 9.53 Å². The van der Waals surface area contributed by atoms with Crippen molar-refractivity contribution in [3.8, 4) is 0 Å². The average molecular weight is 289 g/mol. The predicted molar refractivity (Wildman–Crippen MR) is 64.7 cm³/mol. The first kappa shape index (κ1) is 11.3. The molecule has 0 spiro atoms. The summed E-state index contributed by atoms with van der Waals surface area (Å²) in [6.07, 6.45) is 2.83. The van der Waals surface area contributed by atoms with E-state index in [0.29, 0.717) is 0 Å². The van der Waals surface area contributed by atoms with Crippen molar-refractivity contribution in [1.29, 1.82) is 0 Å². The summed E-state index contributed by atoms with van der Waals surface area (Å²) in [6.45, 7) is 2.70. The first-order valence-electron chi connectivity index (χ1n) is 5.10. The highest BCUT2D eigenvalue weighted by Gasteiger charge is 2.25. The maximum Gasteiger partial charge on any atom is 0.192 e. The van der Waals surface area contributed by atoms with E-state index in [9.17, 15) is 4.79 Å². The van der Waals surface area contributed by atoms with Gasteiger partial charge < -0.3 is 4.74 Å². The fourth-order valence-corrected chi connectivity index (χ4v) is 3.51. The maximum absolute atomic E-state index is 12.1. The number of aryl methyl sites for hydroxylation is 1. The normalized spacial score (nSPS) is 21.6. The van der Waals surface area contributed by atoms with Crippen LogP contribution in [0.1, 0.15) is 34.5 Å². The quantitative estimate of drug-likeness (QED) is 0.778. The van der Waals surface area contributed by atoms with Crippen LogP contribution >= 0.6 is 27.3 Å². The molecule has 15 heavy (non-hydrogen) atoms. The molecule has 2 nitrogen and oxygen atoms in total. The summed E-state index contributed by atoms with van der Waals surface area (Å²) in [4.78, 5) is 13.2. The number of carbonyl (C=O) groups is 1. The molecule has 1 aromatic rings. The molecule has 0 amide bonds. The Bertz CT molecular complexity index is 367. The highest BCUT2D eigenvalue weighted by Crippen LogP contribution is 2.29. The van der Waals surface area contributed by atoms with Crippen LogP contribution < -0.4 is 0 Å². The highest BCUT2D eigenvalue weighted by molar-refractivity contribution is 9.11. The number of hydrogen-bond donors (Lipinski definition) is 0. The Morgan fingerprint density at radius 2 is 2.40 bits per heavy atom. The number of thiophene rings is 1. The van der Waals surface area contributed by atoms with E-state index in [0.717, 1.165) is 40.1 Å². The van der Waals surface area contributed by atoms with Crippen LogP contribution in [-0.4, -0.2) is 18.5 Å². The Kier molecular flexibility index (Phi) is 3.59. The van der Waals surface area contributed by atoms with E-state index in [2.05, 4.69) is 15.9 Å². The molecule has 0 aliphatic carbocycles. The minimum atomic E-state index is -0.209. The van der Waals surface area contributed by atoms with Gasteiger partial charge in [0.25, 0.3) is 0 Å². The van der Waals surface area contributed by atoms with Gasteiger partial charge in [0.05, 0.1) is 3.79 Å². The number of ketones is 1. The summed E-state index contributed by atoms with van der Waals surface area (Å²) in [6, 6.07) is 1.90. The highest BCUT2D eigenvalue weighted by atomic mass is 79.9. The van der Waals surface area contributed by atoms with Gasteiger partial charge in [-0.05, 0) is 48.2 Å². The van der Waals surface area contributed by atoms with Crippen molar-refractivity contribution in [1.82, 2.24) is 0 Å². The molecule has 0 N–H and O–H groups in total. The summed E-state index contributed by atoms with van der Waals surface area (Å²) >= 11 is 5.00. The molecule has 1 aliphatic rings. The molecule has 0 radical (unpaired) electrons. The van der Waals surface area contributed by atoms with Gasteiger partial charge in [0.15, 0.2) is 5.78 Å². The van der Waals surface area contributed by atoms with Gasteiger partial charge in [-0.2, -0.15) is 0 Å². The number of rotatable bonds is 2. The second kappa shape index (κ2) is 4.76. The molecule has 2 heterocycles. The molecule has 82 valence electrons. The summed E-state index contributed by atoms with van der Waals surface area (Å²) in [5.74, 6) is 0.147. The first-order valence-corrected chi connectivity index (χ1v) is 6.71. The molecule has 2 rings (SSSR count). The van der Waals surface area contributed by atoms with Crippen molar-refractivity contribution in [2.75, 3.05) is 6.61 Å². The Balaban J connectivity index is 2.16. The van der Waals surface area contributed by atoms with Crippen LogP contribution in [0.25, 0.3) is 0 Å². The number of ether oxygens (including phenoxy) is 1. The Morgan fingerprint density at radius 3 is 2.93 bits per heavy atom. The molecule has 0 aromatic carbocycles. The lowest BCUT2D eigenvalue weighted by atomic mass is 10.0. The van der Waals surface area contributed by atoms with Gasteiger partial charge in [0.2, 0.25) is 0 Å². The largest absolute Gasteiger partial charge is 0.370 e. The zero-order chi connectivity index (χ0) is 10.8. The van der Waals surface area contributed by atoms with Gasteiger partial charge in [0.1, 0.15) is 6.10 Å². The Morgan fingerprint density at radius 1 is 1.60 bits per heavy atom. The number of carbonyl (C=O) groups excluding carboxylic acids is 1. The van der Waals surface area contributed by atoms with Crippen molar-refractivity contribution in [3.63, 3.8) is 0 Å². The van der Waals surface area contributed by atoms with Crippen LogP contribution in [-0.2, 0) is 4.74 Å². The van der Waals surface area contributed by atoms with E-state index in [1.807, 2.05) is 13.0 Å². The van der Waals surface area contributed by atoms with E-state index < -0.39 is 0 Å². The maximum atomic E-state index is 12.1. The lowest BCUT2D eigenvalue weighted by molar-refractivity contribution is 0.0186. The molecule has 1 aliphatic heterocycles. The van der Waals surface area contributed by atoms with E-state index >= 15 is 0 Å². The van der Waals surface area contributed by atoms with Crippen LogP contribution in [0.5, 0.6) is 0 Å². The third-order valence-corrected chi connectivity index (χ3v) is 4.18. The third kappa shape index (κ3) is 2.49. The zero-order valence-electron chi connectivity index (χ0n) is 8.59. The lowest BCUT2D eigenvalue weighted by Crippen LogP contribution is -2.28. The van der Waals surface area contributed by atoms with E-state index in [1.165, 1.54) is 0 Å². The van der Waals surface area contributed by atoms with Gasteiger partial charge >= 0.3 is 0 Å². The fraction of sp³-hybridized carbons (Fsp3) is 0.545. The monoisotopic (exact) mass is 288 g/mol. The Hall–Kier alpha value is -0.190. The first-order chi connectivity index (χ1) is 7.18. The topological polar surface area (TPSA) is 26.3 Å². The van der Waals surface area contributed by atoms with Crippen molar-refractivity contribution in [2.24, 2.45) is 0 Å². The van der Waals surface area contributed by atoms with Crippen LogP contribution in [0, 0.1) is 6.92 Å². The third-order valence-electron chi connectivity index (χ3n) is 2.63. The number of Topliss-reactive ketones (excluding diaryl/α,β-unsaturated/α-hetero) is 1. The van der Waals surface area contributed by atoms with Gasteiger partial charge in [-0.25, -0.2) is 0 Å². The Labute approximate surface area is 102 Å². The molecule has 1 atom stereocenters. The predicted octanol–water partition coefficient (Wildman–Crippen LogP) is 3.57. The minimum absolute atomic E-state index is 0.147. The summed E-state index contributed by atoms with van der Waals surface area (Å²) in [5, 5.41) is 0. The molecule has 1 aromatic heterocycles. The lowest BCUT2D eigenvalue weighted by Gasteiger charge is -2.21. The SMILES string of the molecule is Cc1sc(Br)cc1C(=O)C1CCCCO1. The van der Waals surface area contributed by atoms with Gasteiger partial charge in [-0.1, -0.05) is 0 Å². The number of halogens is 1. The molecular formula is C11H13BrO2S. The van der Waals surface area contributed by atoms with Crippen molar-refractivity contribution >= 4 is 33.0 Å². The van der Waals surface area contributed by atoms with Gasteiger partial charge in [-0.15, -0.1) is 11.3 Å². The van der Waals surface area contributed by atoms with Crippen LogP contribution in [0.3, 0.4) is 0 Å². The van der Waals surface area contributed by atoms with Gasteiger partial charge in [-0.3, -0.25) is 4.79 Å². The van der Waals surface area contributed by atoms with E-state index in [1.54, 1.807) is 11.3 Å². The van der Waals surface area contributed by atoms with Crippen LogP contribution in [0.4, 0.5) is 0 Å². The van der Waals surface area contributed by atoms with Crippen molar-refractivity contribution in [3.05, 3.63) is 20.3 Å². The second-order valence-electron chi connectivity index (χ2n) is 3.74. The smallest absolute Gasteiger partial charge is 0.192 e. The van der Waals surface area contributed by atoms with E-state index in [-0.39, 0.29) is 11.9 Å². The second-order valence-corrected chi connectivity index (χ2v) is 6.38. The van der Waals surface area contributed by atoms with Crippen LogP contribution in [0.15, 0.2) is 9.85 Å². The summed E-state index contributed by atoms with van der Waals surface area (Å²) < 4.78 is 6.51. The molecule has 4 heteroatoms. The molecule has 0 bridgehead atoms. The van der Waals surface area contributed by atoms with Gasteiger partial charge in [0, 0.05) is 17.0 Å². The molecule has 1 unspecified atom stereocenters.